The van der Waals surface area contributed by atoms with Crippen LogP contribution in [0.25, 0.3) is 0 Å². The molecule has 30 heavy (non-hydrogen) atoms. The summed E-state index contributed by atoms with van der Waals surface area (Å²) < 4.78 is 0. The number of hydrogen-bond acceptors (Lipinski definition) is 4. The first-order chi connectivity index (χ1) is 14.6. The van der Waals surface area contributed by atoms with Gasteiger partial charge in [-0.15, -0.1) is 11.8 Å². The summed E-state index contributed by atoms with van der Waals surface area (Å²) in [6.45, 7) is -0.263. The third-order valence-corrected chi connectivity index (χ3v) is 7.37. The first-order valence-corrected chi connectivity index (χ1v) is 11.3. The number of nitrogens with one attached hydrogen (secondary N) is 2. The molecular weight excluding hydrogens is 398 g/mol. The summed E-state index contributed by atoms with van der Waals surface area (Å²) >= 11 is 1.78. The number of imide groups is 1. The summed E-state index contributed by atoms with van der Waals surface area (Å²) in [6, 6.07) is 15.2. The lowest BCUT2D eigenvalue weighted by Gasteiger charge is -2.33. The Balaban J connectivity index is 1.34. The van der Waals surface area contributed by atoms with E-state index < -0.39 is 11.6 Å². The zero-order chi connectivity index (χ0) is 20.7. The van der Waals surface area contributed by atoms with Gasteiger partial charge in [0.2, 0.25) is 5.91 Å². The van der Waals surface area contributed by atoms with Crippen molar-refractivity contribution >= 4 is 29.6 Å². The van der Waals surface area contributed by atoms with E-state index in [0.717, 1.165) is 46.6 Å². The first kappa shape index (κ1) is 19.2. The molecule has 2 N–H and O–H groups in total. The van der Waals surface area contributed by atoms with Gasteiger partial charge in [0.25, 0.3) is 5.91 Å². The van der Waals surface area contributed by atoms with E-state index in [1.807, 2.05) is 42.5 Å². The molecule has 2 aliphatic heterocycles. The summed E-state index contributed by atoms with van der Waals surface area (Å²) in [5, 5.41) is 5.93. The first-order valence-electron chi connectivity index (χ1n) is 10.3. The second kappa shape index (κ2) is 7.47. The predicted molar refractivity (Wildman–Crippen MR) is 114 cm³/mol. The second-order valence-corrected chi connectivity index (χ2v) is 9.17. The fourth-order valence-electron chi connectivity index (χ4n) is 4.83. The molecule has 2 aromatic rings. The quantitative estimate of drug-likeness (QED) is 0.747. The van der Waals surface area contributed by atoms with Crippen LogP contribution in [0.15, 0.2) is 53.4 Å². The van der Waals surface area contributed by atoms with E-state index in [1.54, 1.807) is 11.8 Å². The van der Waals surface area contributed by atoms with Crippen molar-refractivity contribution in [2.24, 2.45) is 0 Å². The van der Waals surface area contributed by atoms with E-state index in [9.17, 15) is 14.4 Å². The number of aryl methyl sites for hydroxylation is 1. The van der Waals surface area contributed by atoms with E-state index in [2.05, 4.69) is 16.7 Å². The topological polar surface area (TPSA) is 78.5 Å². The molecule has 0 radical (unpaired) electrons. The number of amides is 4. The van der Waals surface area contributed by atoms with Crippen LogP contribution < -0.4 is 10.6 Å². The molecule has 0 saturated carbocycles. The lowest BCUT2D eigenvalue weighted by molar-refractivity contribution is -0.135. The summed E-state index contributed by atoms with van der Waals surface area (Å²) in [5.41, 5.74) is 1.99. The van der Waals surface area contributed by atoms with Crippen molar-refractivity contribution in [2.45, 2.75) is 42.2 Å². The zero-order valence-electron chi connectivity index (χ0n) is 16.5. The Labute approximate surface area is 179 Å². The Morgan fingerprint density at radius 3 is 2.87 bits per heavy atom. The maximum Gasteiger partial charge on any atom is 0.325 e. The van der Waals surface area contributed by atoms with Gasteiger partial charge >= 0.3 is 6.03 Å². The van der Waals surface area contributed by atoms with E-state index in [4.69, 9.17) is 0 Å². The van der Waals surface area contributed by atoms with Gasteiger partial charge in [-0.25, -0.2) is 4.79 Å². The predicted octanol–water partition coefficient (Wildman–Crippen LogP) is 3.12. The number of carbonyl (C=O) groups excluding carboxylic acids is 3. The largest absolute Gasteiger partial charge is 0.348 e. The van der Waals surface area contributed by atoms with E-state index in [1.165, 1.54) is 4.90 Å². The van der Waals surface area contributed by atoms with Crippen LogP contribution in [0.4, 0.5) is 4.79 Å². The van der Waals surface area contributed by atoms with Crippen molar-refractivity contribution in [3.05, 3.63) is 65.2 Å². The number of benzene rings is 2. The van der Waals surface area contributed by atoms with Crippen molar-refractivity contribution in [2.75, 3.05) is 12.3 Å². The standard InChI is InChI=1S/C23H23N3O3S/c27-20(24-18-11-13-30-19-10-4-2-8-16(18)19)14-26-21(28)23(25-22(26)29)12-5-7-15-6-1-3-9-17(15)23/h1-4,6,8-10,18H,5,7,11-14H2,(H,24,27)(H,25,29)/t18-,23-/m0/s1. The molecule has 7 heteroatoms. The summed E-state index contributed by atoms with van der Waals surface area (Å²) in [6.07, 6.45) is 3.09. The average molecular weight is 422 g/mol. The molecule has 0 unspecified atom stereocenters. The van der Waals surface area contributed by atoms with Gasteiger partial charge < -0.3 is 10.6 Å². The molecule has 0 aromatic heterocycles. The minimum Gasteiger partial charge on any atom is -0.348 e. The van der Waals surface area contributed by atoms with Gasteiger partial charge in [-0.1, -0.05) is 42.5 Å². The lowest BCUT2D eigenvalue weighted by Crippen LogP contribution is -2.47. The molecule has 154 valence electrons. The van der Waals surface area contributed by atoms with Gasteiger partial charge in [-0.2, -0.15) is 0 Å². The number of urea groups is 1. The van der Waals surface area contributed by atoms with E-state index >= 15 is 0 Å². The van der Waals surface area contributed by atoms with Crippen LogP contribution >= 0.6 is 11.8 Å². The van der Waals surface area contributed by atoms with Crippen LogP contribution in [0, 0.1) is 0 Å². The molecule has 4 amide bonds. The zero-order valence-corrected chi connectivity index (χ0v) is 17.3. The molecule has 1 spiro atoms. The highest BCUT2D eigenvalue weighted by molar-refractivity contribution is 7.99. The van der Waals surface area contributed by atoms with Crippen molar-refractivity contribution in [1.29, 1.82) is 0 Å². The molecule has 1 fully saturated rings. The highest BCUT2D eigenvalue weighted by Crippen LogP contribution is 2.40. The third-order valence-electron chi connectivity index (χ3n) is 6.25. The number of thioether (sulfide) groups is 1. The fourth-order valence-corrected chi connectivity index (χ4v) is 5.96. The average Bonchev–Trinajstić information content (AvgIpc) is 2.99. The molecule has 1 aliphatic carbocycles. The van der Waals surface area contributed by atoms with Gasteiger partial charge in [0, 0.05) is 10.6 Å². The minimum absolute atomic E-state index is 0.0971. The van der Waals surface area contributed by atoms with Gasteiger partial charge in [0.15, 0.2) is 0 Å². The van der Waals surface area contributed by atoms with Crippen LogP contribution in [0.1, 0.15) is 42.0 Å². The highest BCUT2D eigenvalue weighted by Gasteiger charge is 2.54. The number of hydrogen-bond donors (Lipinski definition) is 2. The third kappa shape index (κ3) is 3.08. The molecule has 0 bridgehead atoms. The maximum absolute atomic E-state index is 13.3. The monoisotopic (exact) mass is 421 g/mol. The molecular formula is C23H23N3O3S. The SMILES string of the molecule is O=C(CN1C(=O)N[C@]2(CCCc3ccccc32)C1=O)N[C@H]1CCSc2ccccc21. The number of nitrogens with zero attached hydrogens (tertiary/aromatic N) is 1. The van der Waals surface area contributed by atoms with Crippen LogP contribution in [0.2, 0.25) is 0 Å². The van der Waals surface area contributed by atoms with Crippen LogP contribution in [0.5, 0.6) is 0 Å². The van der Waals surface area contributed by atoms with Gasteiger partial charge in [-0.05, 0) is 48.4 Å². The highest BCUT2D eigenvalue weighted by atomic mass is 32.2. The van der Waals surface area contributed by atoms with Crippen molar-refractivity contribution in [1.82, 2.24) is 15.5 Å². The summed E-state index contributed by atoms with van der Waals surface area (Å²) in [7, 11) is 0. The molecule has 2 atom stereocenters. The summed E-state index contributed by atoms with van der Waals surface area (Å²) in [5.74, 6) is 0.283. The Morgan fingerprint density at radius 2 is 1.97 bits per heavy atom. The van der Waals surface area contributed by atoms with Crippen molar-refractivity contribution < 1.29 is 14.4 Å². The van der Waals surface area contributed by atoms with Gasteiger partial charge in [0.1, 0.15) is 12.1 Å². The van der Waals surface area contributed by atoms with Crippen molar-refractivity contribution in [3.63, 3.8) is 0 Å². The Bertz CT molecular complexity index is 1040. The molecule has 3 aliphatic rings. The maximum atomic E-state index is 13.3. The second-order valence-electron chi connectivity index (χ2n) is 8.03. The van der Waals surface area contributed by atoms with E-state index in [-0.39, 0.29) is 24.4 Å². The Morgan fingerprint density at radius 1 is 1.17 bits per heavy atom. The Hall–Kier alpha value is -2.80. The summed E-state index contributed by atoms with van der Waals surface area (Å²) in [4.78, 5) is 41.1. The number of rotatable bonds is 3. The smallest absolute Gasteiger partial charge is 0.325 e. The van der Waals surface area contributed by atoms with Crippen molar-refractivity contribution in [3.8, 4) is 0 Å². The van der Waals surface area contributed by atoms with E-state index in [0.29, 0.717) is 6.42 Å². The molecule has 5 rings (SSSR count). The Kier molecular flexibility index (Phi) is 4.77. The molecule has 2 heterocycles. The van der Waals surface area contributed by atoms with Crippen LogP contribution in [-0.2, 0) is 21.5 Å². The molecule has 2 aromatic carbocycles. The van der Waals surface area contributed by atoms with Gasteiger partial charge in [-0.3, -0.25) is 14.5 Å². The number of fused-ring (bicyclic) bond motifs is 3. The van der Waals surface area contributed by atoms with Gasteiger partial charge in [0.05, 0.1) is 6.04 Å². The van der Waals surface area contributed by atoms with Crippen LogP contribution in [0.3, 0.4) is 0 Å². The molecule has 1 saturated heterocycles. The number of carbonyl (C=O) groups is 3. The lowest BCUT2D eigenvalue weighted by atomic mass is 9.76. The fraction of sp³-hybridized carbons (Fsp3) is 0.348. The normalized spacial score (nSPS) is 24.9. The molecule has 6 nitrogen and oxygen atoms in total. The minimum atomic E-state index is -1.04. The van der Waals surface area contributed by atoms with Crippen LogP contribution in [-0.4, -0.2) is 35.0 Å².